The molecule has 0 atom stereocenters. The Bertz CT molecular complexity index is 534. The number of nitrogens with one attached hydrogen (secondary N) is 1. The molecule has 1 N–H and O–H groups in total. The number of benzene rings is 1. The van der Waals surface area contributed by atoms with Crippen molar-refractivity contribution in [3.63, 3.8) is 0 Å². The zero-order chi connectivity index (χ0) is 15.9. The van der Waals surface area contributed by atoms with Crippen LogP contribution in [0.1, 0.15) is 23.2 Å². The third-order valence-corrected chi connectivity index (χ3v) is 4.15. The minimum atomic E-state index is 0.00220. The summed E-state index contributed by atoms with van der Waals surface area (Å²) in [5.41, 5.74) is 0.714. The first kappa shape index (κ1) is 16.7. The van der Waals surface area contributed by atoms with Crippen molar-refractivity contribution in [1.82, 2.24) is 10.2 Å². The van der Waals surface area contributed by atoms with Crippen LogP contribution < -0.4 is 5.32 Å². The Kier molecular flexibility index (Phi) is 6.16. The van der Waals surface area contributed by atoms with E-state index in [1.807, 2.05) is 0 Å². The fourth-order valence-corrected chi connectivity index (χ4v) is 2.77. The van der Waals surface area contributed by atoms with Gasteiger partial charge in [0.2, 0.25) is 5.91 Å². The topological polar surface area (TPSA) is 49.4 Å². The fourth-order valence-electron chi connectivity index (χ4n) is 2.65. The summed E-state index contributed by atoms with van der Waals surface area (Å²) >= 11 is 5.84. The number of ketones is 1. The van der Waals surface area contributed by atoms with Gasteiger partial charge in [-0.2, -0.15) is 0 Å². The number of likely N-dealkylation sites (tertiary alicyclic amines) is 1. The van der Waals surface area contributed by atoms with Gasteiger partial charge in [-0.3, -0.25) is 14.5 Å². The molecule has 0 bridgehead atoms. The summed E-state index contributed by atoms with van der Waals surface area (Å²) < 4.78 is 0. The van der Waals surface area contributed by atoms with Gasteiger partial charge in [0.25, 0.3) is 0 Å². The quantitative estimate of drug-likeness (QED) is 0.647. The molecule has 4 nitrogen and oxygen atoms in total. The molecule has 2 rings (SSSR count). The van der Waals surface area contributed by atoms with Crippen LogP contribution in [-0.4, -0.2) is 42.8 Å². The predicted octanol–water partition coefficient (Wildman–Crippen LogP) is 2.54. The van der Waals surface area contributed by atoms with E-state index in [1.165, 1.54) is 0 Å². The molecular formula is C17H21ClN2O2. The van der Waals surface area contributed by atoms with Crippen LogP contribution in [0.4, 0.5) is 0 Å². The van der Waals surface area contributed by atoms with E-state index in [0.29, 0.717) is 23.7 Å². The number of carbonyl (C=O) groups excluding carboxylic acids is 2. The van der Waals surface area contributed by atoms with Gasteiger partial charge in [-0.1, -0.05) is 17.7 Å². The fraction of sp³-hybridized carbons (Fsp3) is 0.412. The third kappa shape index (κ3) is 4.68. The lowest BCUT2D eigenvalue weighted by Gasteiger charge is -2.30. The maximum absolute atomic E-state index is 12.4. The van der Waals surface area contributed by atoms with Crippen LogP contribution in [0, 0.1) is 5.92 Å². The molecule has 118 valence electrons. The first-order chi connectivity index (χ1) is 10.6. The largest absolute Gasteiger partial charge is 0.352 e. The summed E-state index contributed by atoms with van der Waals surface area (Å²) in [6, 6.07) is 7.04. The second-order valence-corrected chi connectivity index (χ2v) is 5.95. The molecule has 0 radical (unpaired) electrons. The first-order valence-electron chi connectivity index (χ1n) is 7.50. The van der Waals surface area contributed by atoms with Crippen LogP contribution >= 0.6 is 11.6 Å². The minimum absolute atomic E-state index is 0.00220. The highest BCUT2D eigenvalue weighted by molar-refractivity contribution is 6.30. The van der Waals surface area contributed by atoms with Crippen molar-refractivity contribution in [3.05, 3.63) is 47.5 Å². The van der Waals surface area contributed by atoms with Crippen molar-refractivity contribution in [1.29, 1.82) is 0 Å². The van der Waals surface area contributed by atoms with Crippen LogP contribution in [-0.2, 0) is 4.79 Å². The zero-order valence-electron chi connectivity index (χ0n) is 12.6. The molecule has 0 aromatic heterocycles. The highest BCUT2D eigenvalue weighted by atomic mass is 35.5. The van der Waals surface area contributed by atoms with Gasteiger partial charge < -0.3 is 5.32 Å². The Hall–Kier alpha value is -1.65. The molecule has 0 unspecified atom stereocenters. The lowest BCUT2D eigenvalue weighted by atomic mass is 9.89. The molecule has 1 amide bonds. The lowest BCUT2D eigenvalue weighted by Crippen LogP contribution is -2.42. The van der Waals surface area contributed by atoms with Crippen molar-refractivity contribution in [3.8, 4) is 0 Å². The summed E-state index contributed by atoms with van der Waals surface area (Å²) in [6.07, 6.45) is 3.24. The van der Waals surface area contributed by atoms with E-state index in [1.54, 1.807) is 30.3 Å². The van der Waals surface area contributed by atoms with Gasteiger partial charge in [-0.15, -0.1) is 6.58 Å². The third-order valence-electron chi connectivity index (χ3n) is 3.90. The smallest absolute Gasteiger partial charge is 0.234 e. The van der Waals surface area contributed by atoms with E-state index >= 15 is 0 Å². The van der Waals surface area contributed by atoms with Gasteiger partial charge in [-0.25, -0.2) is 0 Å². The van der Waals surface area contributed by atoms with Gasteiger partial charge >= 0.3 is 0 Å². The van der Waals surface area contributed by atoms with Crippen LogP contribution in [0.2, 0.25) is 5.02 Å². The number of carbonyl (C=O) groups is 2. The van der Waals surface area contributed by atoms with Crippen LogP contribution in [0.15, 0.2) is 36.9 Å². The molecule has 1 aromatic rings. The summed E-state index contributed by atoms with van der Waals surface area (Å²) in [6.45, 7) is 5.98. The Morgan fingerprint density at radius 2 is 1.91 bits per heavy atom. The van der Waals surface area contributed by atoms with Crippen LogP contribution in [0.3, 0.4) is 0 Å². The molecule has 1 saturated heterocycles. The van der Waals surface area contributed by atoms with Crippen molar-refractivity contribution in [2.24, 2.45) is 5.92 Å². The van der Waals surface area contributed by atoms with Gasteiger partial charge in [0.05, 0.1) is 6.54 Å². The van der Waals surface area contributed by atoms with Crippen LogP contribution in [0.5, 0.6) is 0 Å². The Morgan fingerprint density at radius 3 is 2.50 bits per heavy atom. The lowest BCUT2D eigenvalue weighted by molar-refractivity contribution is -0.122. The number of nitrogens with zero attached hydrogens (tertiary/aromatic N) is 1. The van der Waals surface area contributed by atoms with E-state index in [9.17, 15) is 9.59 Å². The first-order valence-corrected chi connectivity index (χ1v) is 7.87. The van der Waals surface area contributed by atoms with Crippen LogP contribution in [0.25, 0.3) is 0 Å². The van der Waals surface area contributed by atoms with E-state index < -0.39 is 0 Å². The second kappa shape index (κ2) is 8.11. The number of amides is 1. The number of hydrogen-bond donors (Lipinski definition) is 1. The van der Waals surface area contributed by atoms with E-state index in [0.717, 1.165) is 25.9 Å². The normalized spacial score (nSPS) is 16.2. The van der Waals surface area contributed by atoms with E-state index in [4.69, 9.17) is 11.6 Å². The average molecular weight is 321 g/mol. The van der Waals surface area contributed by atoms with Gasteiger partial charge in [0, 0.05) is 23.0 Å². The van der Waals surface area contributed by atoms with Crippen molar-refractivity contribution >= 4 is 23.3 Å². The van der Waals surface area contributed by atoms with Gasteiger partial charge in [0.15, 0.2) is 5.78 Å². The standard InChI is InChI=1S/C17H21ClN2O2/c1-2-9-19-16(21)12-20-10-7-14(8-11-20)17(22)13-3-5-15(18)6-4-13/h2-6,14H,1,7-12H2,(H,19,21). The van der Waals surface area contributed by atoms with Crippen molar-refractivity contribution < 1.29 is 9.59 Å². The van der Waals surface area contributed by atoms with E-state index in [-0.39, 0.29) is 17.6 Å². The molecule has 1 heterocycles. The maximum Gasteiger partial charge on any atom is 0.234 e. The average Bonchev–Trinajstić information content (AvgIpc) is 2.54. The maximum atomic E-state index is 12.4. The Balaban J connectivity index is 1.81. The molecular weight excluding hydrogens is 300 g/mol. The molecule has 0 saturated carbocycles. The summed E-state index contributed by atoms with van der Waals surface area (Å²) in [5.74, 6) is 0.212. The number of piperidine rings is 1. The Labute approximate surface area is 136 Å². The molecule has 1 aliphatic heterocycles. The summed E-state index contributed by atoms with van der Waals surface area (Å²) in [4.78, 5) is 26.2. The molecule has 0 aliphatic carbocycles. The highest BCUT2D eigenvalue weighted by Gasteiger charge is 2.26. The molecule has 5 heteroatoms. The second-order valence-electron chi connectivity index (χ2n) is 5.51. The van der Waals surface area contributed by atoms with E-state index in [2.05, 4.69) is 16.8 Å². The molecule has 1 aliphatic rings. The Morgan fingerprint density at radius 1 is 1.27 bits per heavy atom. The van der Waals surface area contributed by atoms with Crippen molar-refractivity contribution in [2.75, 3.05) is 26.2 Å². The monoisotopic (exact) mass is 320 g/mol. The molecule has 0 spiro atoms. The SMILES string of the molecule is C=CCNC(=O)CN1CCC(C(=O)c2ccc(Cl)cc2)CC1. The summed E-state index contributed by atoms with van der Waals surface area (Å²) in [5, 5.41) is 3.40. The number of Topliss-reactive ketones (excluding diaryl/α,β-unsaturated/α-hetero) is 1. The molecule has 1 aromatic carbocycles. The van der Waals surface area contributed by atoms with Gasteiger partial charge in [0.1, 0.15) is 0 Å². The molecule has 1 fully saturated rings. The number of rotatable bonds is 6. The minimum Gasteiger partial charge on any atom is -0.352 e. The van der Waals surface area contributed by atoms with Crippen molar-refractivity contribution in [2.45, 2.75) is 12.8 Å². The highest BCUT2D eigenvalue weighted by Crippen LogP contribution is 2.22. The number of halogens is 1. The predicted molar refractivity (Wildman–Crippen MR) is 88.2 cm³/mol. The zero-order valence-corrected chi connectivity index (χ0v) is 13.3. The summed E-state index contributed by atoms with van der Waals surface area (Å²) in [7, 11) is 0. The number of hydrogen-bond acceptors (Lipinski definition) is 3. The van der Waals surface area contributed by atoms with Gasteiger partial charge in [-0.05, 0) is 50.2 Å². The molecule has 22 heavy (non-hydrogen) atoms.